The summed E-state index contributed by atoms with van der Waals surface area (Å²) in [6, 6.07) is 13.8. The van der Waals surface area contributed by atoms with Crippen LogP contribution in [0.3, 0.4) is 0 Å². The number of aryl methyl sites for hydroxylation is 1. The predicted octanol–water partition coefficient (Wildman–Crippen LogP) is 4.66. The summed E-state index contributed by atoms with van der Waals surface area (Å²) in [6.07, 6.45) is 4.44. The van der Waals surface area contributed by atoms with Crippen molar-refractivity contribution in [2.45, 2.75) is 45.2 Å². The summed E-state index contributed by atoms with van der Waals surface area (Å²) in [5.74, 6) is -0.248. The average Bonchev–Trinajstić information content (AvgIpc) is 3.27. The van der Waals surface area contributed by atoms with E-state index in [2.05, 4.69) is 10.3 Å². The van der Waals surface area contributed by atoms with E-state index in [0.717, 1.165) is 34.5 Å². The van der Waals surface area contributed by atoms with Crippen molar-refractivity contribution in [1.82, 2.24) is 4.98 Å². The molecule has 0 fully saturated rings. The maximum atomic E-state index is 12.3. The fourth-order valence-electron chi connectivity index (χ4n) is 4.21. The zero-order valence-corrected chi connectivity index (χ0v) is 17.5. The second-order valence-corrected chi connectivity index (χ2v) is 7.87. The van der Waals surface area contributed by atoms with Gasteiger partial charge in [0.25, 0.3) is 0 Å². The summed E-state index contributed by atoms with van der Waals surface area (Å²) in [5, 5.41) is 12.6. The molecule has 2 aromatic carbocycles. The summed E-state index contributed by atoms with van der Waals surface area (Å²) >= 11 is 0. The van der Waals surface area contributed by atoms with Gasteiger partial charge in [0.2, 0.25) is 11.8 Å². The minimum absolute atomic E-state index is 0.000728. The molecule has 7 heteroatoms. The summed E-state index contributed by atoms with van der Waals surface area (Å²) in [4.78, 5) is 29.3. The molecule has 2 heterocycles. The quantitative estimate of drug-likeness (QED) is 0.603. The zero-order valence-electron chi connectivity index (χ0n) is 17.5. The van der Waals surface area contributed by atoms with E-state index in [0.29, 0.717) is 12.3 Å². The van der Waals surface area contributed by atoms with Crippen LogP contribution in [0, 0.1) is 0 Å². The summed E-state index contributed by atoms with van der Waals surface area (Å²) in [5.41, 5.74) is 4.68. The lowest BCUT2D eigenvalue weighted by Crippen LogP contribution is -2.43. The Morgan fingerprint density at radius 1 is 1.23 bits per heavy atom. The molecular weight excluding hydrogens is 394 g/mol. The second kappa shape index (κ2) is 8.63. The number of anilines is 2. The van der Waals surface area contributed by atoms with Crippen molar-refractivity contribution in [3.05, 3.63) is 66.1 Å². The smallest absolute Gasteiger partial charge is 0.303 e. The van der Waals surface area contributed by atoms with Crippen molar-refractivity contribution in [2.75, 3.05) is 10.2 Å². The number of carboxylic acids is 1. The number of carbonyl (C=O) groups excluding carboxylic acids is 1. The van der Waals surface area contributed by atoms with Crippen LogP contribution in [0.25, 0.3) is 11.5 Å². The Morgan fingerprint density at radius 3 is 2.65 bits per heavy atom. The third kappa shape index (κ3) is 4.45. The molecule has 160 valence electrons. The van der Waals surface area contributed by atoms with Crippen LogP contribution in [0.2, 0.25) is 0 Å². The lowest BCUT2D eigenvalue weighted by molar-refractivity contribution is -0.137. The monoisotopic (exact) mass is 419 g/mol. The number of benzene rings is 2. The molecule has 1 aliphatic rings. The minimum atomic E-state index is -0.822. The molecule has 2 atom stereocenters. The highest BCUT2D eigenvalue weighted by atomic mass is 16.4. The summed E-state index contributed by atoms with van der Waals surface area (Å²) in [6.45, 7) is 3.62. The molecule has 1 amide bonds. The van der Waals surface area contributed by atoms with E-state index < -0.39 is 5.97 Å². The number of carboxylic acid groups (broad SMARTS) is 1. The molecule has 0 bridgehead atoms. The molecule has 0 spiro atoms. The highest BCUT2D eigenvalue weighted by molar-refractivity contribution is 5.94. The topological polar surface area (TPSA) is 95.7 Å². The van der Waals surface area contributed by atoms with Gasteiger partial charge in [0.15, 0.2) is 0 Å². The van der Waals surface area contributed by atoms with Gasteiger partial charge in [0, 0.05) is 36.3 Å². The van der Waals surface area contributed by atoms with E-state index in [4.69, 9.17) is 9.52 Å². The van der Waals surface area contributed by atoms with Gasteiger partial charge in [0.05, 0.1) is 12.2 Å². The molecule has 2 unspecified atom stereocenters. The standard InChI is InChI=1S/C24H25N3O4/c1-15-13-21(26-19-7-5-18(6-8-19)24-25-11-12-31-24)20-14-17(4-10-23(29)30)3-9-22(20)27(15)16(2)28/h3,5-9,11-12,14-15,21,26H,4,10,13H2,1-2H3,(H,29,30). The van der Waals surface area contributed by atoms with Gasteiger partial charge in [-0.1, -0.05) is 12.1 Å². The molecule has 2 N–H and O–H groups in total. The molecule has 0 saturated heterocycles. The van der Waals surface area contributed by atoms with Crippen molar-refractivity contribution in [1.29, 1.82) is 0 Å². The maximum absolute atomic E-state index is 12.3. The number of hydrogen-bond donors (Lipinski definition) is 2. The molecule has 4 rings (SSSR count). The van der Waals surface area contributed by atoms with Crippen molar-refractivity contribution >= 4 is 23.3 Å². The van der Waals surface area contributed by atoms with Gasteiger partial charge in [0.1, 0.15) is 6.26 Å². The molecule has 7 nitrogen and oxygen atoms in total. The highest BCUT2D eigenvalue weighted by Crippen LogP contribution is 2.40. The van der Waals surface area contributed by atoms with Crippen LogP contribution in [0.15, 0.2) is 59.3 Å². The van der Waals surface area contributed by atoms with E-state index in [1.807, 2.05) is 54.3 Å². The molecule has 0 saturated carbocycles. The van der Waals surface area contributed by atoms with E-state index in [-0.39, 0.29) is 24.4 Å². The van der Waals surface area contributed by atoms with E-state index in [9.17, 15) is 9.59 Å². The van der Waals surface area contributed by atoms with Crippen LogP contribution in [-0.2, 0) is 16.0 Å². The zero-order chi connectivity index (χ0) is 22.0. The largest absolute Gasteiger partial charge is 0.481 e. The Morgan fingerprint density at radius 2 is 2.00 bits per heavy atom. The van der Waals surface area contributed by atoms with E-state index in [1.165, 1.54) is 0 Å². The van der Waals surface area contributed by atoms with Crippen LogP contribution in [0.4, 0.5) is 11.4 Å². The van der Waals surface area contributed by atoms with Crippen LogP contribution in [0.1, 0.15) is 43.9 Å². The van der Waals surface area contributed by atoms with Gasteiger partial charge in [-0.05, 0) is 61.2 Å². The SMILES string of the molecule is CC(=O)N1c2ccc(CCC(=O)O)cc2C(Nc2ccc(-c3ncco3)cc2)CC1C. The van der Waals surface area contributed by atoms with Gasteiger partial charge in [-0.2, -0.15) is 0 Å². The van der Waals surface area contributed by atoms with E-state index >= 15 is 0 Å². The molecular formula is C24H25N3O4. The van der Waals surface area contributed by atoms with Crippen LogP contribution < -0.4 is 10.2 Å². The van der Waals surface area contributed by atoms with Crippen LogP contribution in [0.5, 0.6) is 0 Å². The first-order valence-corrected chi connectivity index (χ1v) is 10.3. The number of aromatic nitrogens is 1. The molecule has 1 aromatic heterocycles. The number of carbonyl (C=O) groups is 2. The fourth-order valence-corrected chi connectivity index (χ4v) is 4.21. The Balaban J connectivity index is 1.62. The average molecular weight is 419 g/mol. The second-order valence-electron chi connectivity index (χ2n) is 7.87. The van der Waals surface area contributed by atoms with Crippen molar-refractivity contribution in [3.8, 4) is 11.5 Å². The lowest BCUT2D eigenvalue weighted by atomic mass is 9.89. The molecule has 0 radical (unpaired) electrons. The maximum Gasteiger partial charge on any atom is 0.303 e. The first-order valence-electron chi connectivity index (χ1n) is 10.3. The fraction of sp³-hybridized carbons (Fsp3) is 0.292. The van der Waals surface area contributed by atoms with Crippen LogP contribution >= 0.6 is 0 Å². The van der Waals surface area contributed by atoms with Crippen molar-refractivity contribution in [2.24, 2.45) is 0 Å². The Labute approximate surface area is 180 Å². The molecule has 0 aliphatic carbocycles. The number of oxazole rings is 1. The number of hydrogen-bond acceptors (Lipinski definition) is 5. The van der Waals surface area contributed by atoms with Gasteiger partial charge in [-0.25, -0.2) is 4.98 Å². The Bertz CT molecular complexity index is 1080. The summed E-state index contributed by atoms with van der Waals surface area (Å²) < 4.78 is 5.35. The van der Waals surface area contributed by atoms with Crippen molar-refractivity contribution < 1.29 is 19.1 Å². The van der Waals surface area contributed by atoms with Gasteiger partial charge < -0.3 is 19.7 Å². The number of nitrogens with zero attached hydrogens (tertiary/aromatic N) is 2. The lowest BCUT2D eigenvalue weighted by Gasteiger charge is -2.39. The Kier molecular flexibility index (Phi) is 5.75. The van der Waals surface area contributed by atoms with Crippen molar-refractivity contribution in [3.63, 3.8) is 0 Å². The van der Waals surface area contributed by atoms with Gasteiger partial charge in [-0.3, -0.25) is 9.59 Å². The number of amides is 1. The molecule has 3 aromatic rings. The summed E-state index contributed by atoms with van der Waals surface area (Å²) in [7, 11) is 0. The van der Waals surface area contributed by atoms with Gasteiger partial charge >= 0.3 is 5.97 Å². The molecule has 1 aliphatic heterocycles. The number of aliphatic carboxylic acids is 1. The first-order chi connectivity index (χ1) is 14.9. The number of fused-ring (bicyclic) bond motifs is 1. The molecule has 31 heavy (non-hydrogen) atoms. The third-order valence-corrected chi connectivity index (χ3v) is 5.62. The third-order valence-electron chi connectivity index (χ3n) is 5.62. The van der Waals surface area contributed by atoms with Crippen LogP contribution in [-0.4, -0.2) is 28.0 Å². The highest BCUT2D eigenvalue weighted by Gasteiger charge is 2.32. The predicted molar refractivity (Wildman–Crippen MR) is 118 cm³/mol. The minimum Gasteiger partial charge on any atom is -0.481 e. The number of nitrogens with one attached hydrogen (secondary N) is 1. The van der Waals surface area contributed by atoms with E-state index in [1.54, 1.807) is 19.4 Å². The normalized spacial score (nSPS) is 17.8. The first kappa shape index (κ1) is 20.7. The Hall–Kier alpha value is -3.61. The number of rotatable bonds is 6. The van der Waals surface area contributed by atoms with Gasteiger partial charge in [-0.15, -0.1) is 0 Å².